The van der Waals surface area contributed by atoms with Crippen LogP contribution < -0.4 is 0 Å². The highest BCUT2D eigenvalue weighted by Gasteiger charge is 2.34. The summed E-state index contributed by atoms with van der Waals surface area (Å²) in [7, 11) is 0. The van der Waals surface area contributed by atoms with Gasteiger partial charge in [0.15, 0.2) is 0 Å². The van der Waals surface area contributed by atoms with E-state index in [9.17, 15) is 14.4 Å². The number of carbonyl (C=O) groups excluding carboxylic acids is 3. The molecule has 0 radical (unpaired) electrons. The number of amides is 1. The van der Waals surface area contributed by atoms with Crippen molar-refractivity contribution in [3.63, 3.8) is 0 Å². The first-order valence-electron chi connectivity index (χ1n) is 7.12. The first-order chi connectivity index (χ1) is 9.10. The molecule has 1 amide bonds. The lowest BCUT2D eigenvalue weighted by atomic mass is 9.86. The minimum atomic E-state index is -0.516. The summed E-state index contributed by atoms with van der Waals surface area (Å²) in [5.74, 6) is -0.224. The molecule has 1 heterocycles. The van der Waals surface area contributed by atoms with Crippen molar-refractivity contribution in [2.45, 2.75) is 65.5 Å². The van der Waals surface area contributed by atoms with Gasteiger partial charge in [-0.2, -0.15) is 0 Å². The number of carbonyl (C=O) groups is 3. The minimum Gasteiger partial charge on any atom is -0.444 e. The van der Waals surface area contributed by atoms with Crippen LogP contribution in [0.3, 0.4) is 0 Å². The quantitative estimate of drug-likeness (QED) is 0.747. The van der Waals surface area contributed by atoms with Crippen LogP contribution >= 0.6 is 0 Å². The van der Waals surface area contributed by atoms with Gasteiger partial charge in [0.2, 0.25) is 0 Å². The first-order valence-corrected chi connectivity index (χ1v) is 7.12. The molecule has 114 valence electrons. The summed E-state index contributed by atoms with van der Waals surface area (Å²) in [6.07, 6.45) is 0.882. The van der Waals surface area contributed by atoms with Crippen LogP contribution in [0.15, 0.2) is 0 Å². The normalized spacial score (nSPS) is 23.4. The second-order valence-corrected chi connectivity index (χ2v) is 6.59. The fourth-order valence-electron chi connectivity index (χ4n) is 2.45. The largest absolute Gasteiger partial charge is 0.444 e. The lowest BCUT2D eigenvalue weighted by molar-refractivity contribution is -0.129. The summed E-state index contributed by atoms with van der Waals surface area (Å²) in [6, 6.07) is -0.0421. The van der Waals surface area contributed by atoms with Gasteiger partial charge in [-0.25, -0.2) is 4.79 Å². The van der Waals surface area contributed by atoms with Gasteiger partial charge in [0.25, 0.3) is 0 Å². The average molecular weight is 283 g/mol. The summed E-state index contributed by atoms with van der Waals surface area (Å²) < 4.78 is 5.36. The SMILES string of the molecule is CC(=O)CC(=O)C1CCN(C(=O)OC(C)(C)C)[C@@H](C)C1. The van der Waals surface area contributed by atoms with E-state index in [1.807, 2.05) is 27.7 Å². The monoisotopic (exact) mass is 283 g/mol. The van der Waals surface area contributed by atoms with E-state index in [-0.39, 0.29) is 36.0 Å². The van der Waals surface area contributed by atoms with Gasteiger partial charge in [0.1, 0.15) is 17.2 Å². The van der Waals surface area contributed by atoms with Crippen LogP contribution in [-0.4, -0.2) is 40.7 Å². The van der Waals surface area contributed by atoms with Gasteiger partial charge < -0.3 is 9.64 Å². The van der Waals surface area contributed by atoms with E-state index >= 15 is 0 Å². The summed E-state index contributed by atoms with van der Waals surface area (Å²) in [5.41, 5.74) is -0.516. The molecule has 0 aliphatic carbocycles. The number of ketones is 2. The van der Waals surface area contributed by atoms with E-state index in [4.69, 9.17) is 4.74 Å². The lowest BCUT2D eigenvalue weighted by Crippen LogP contribution is -2.48. The molecule has 20 heavy (non-hydrogen) atoms. The van der Waals surface area contributed by atoms with Crippen LogP contribution in [-0.2, 0) is 14.3 Å². The second-order valence-electron chi connectivity index (χ2n) is 6.59. The van der Waals surface area contributed by atoms with Crippen LogP contribution in [0.4, 0.5) is 4.79 Å². The Kier molecular flexibility index (Phi) is 5.31. The Morgan fingerprint density at radius 2 is 1.85 bits per heavy atom. The number of ether oxygens (including phenoxy) is 1. The third-order valence-electron chi connectivity index (χ3n) is 3.38. The maximum absolute atomic E-state index is 12.0. The first kappa shape index (κ1) is 16.7. The number of hydrogen-bond donors (Lipinski definition) is 0. The van der Waals surface area contributed by atoms with Crippen LogP contribution in [0.2, 0.25) is 0 Å². The Morgan fingerprint density at radius 3 is 2.30 bits per heavy atom. The van der Waals surface area contributed by atoms with E-state index in [0.717, 1.165) is 0 Å². The van der Waals surface area contributed by atoms with Crippen molar-refractivity contribution >= 4 is 17.7 Å². The van der Waals surface area contributed by atoms with Gasteiger partial charge in [-0.3, -0.25) is 9.59 Å². The molecule has 1 rings (SSSR count). The number of nitrogens with zero attached hydrogens (tertiary/aromatic N) is 1. The Labute approximate surface area is 120 Å². The van der Waals surface area contributed by atoms with Crippen molar-refractivity contribution in [2.24, 2.45) is 5.92 Å². The Hall–Kier alpha value is -1.39. The lowest BCUT2D eigenvalue weighted by Gasteiger charge is -2.37. The Morgan fingerprint density at radius 1 is 1.25 bits per heavy atom. The number of rotatable bonds is 3. The zero-order valence-corrected chi connectivity index (χ0v) is 13.1. The van der Waals surface area contributed by atoms with Crippen molar-refractivity contribution in [3.05, 3.63) is 0 Å². The van der Waals surface area contributed by atoms with Crippen molar-refractivity contribution < 1.29 is 19.1 Å². The molecule has 1 aliphatic rings. The smallest absolute Gasteiger partial charge is 0.410 e. The molecule has 1 fully saturated rings. The van der Waals surface area contributed by atoms with Gasteiger partial charge in [0.05, 0.1) is 6.42 Å². The Balaban J connectivity index is 2.57. The molecule has 5 nitrogen and oxygen atoms in total. The van der Waals surface area contributed by atoms with Crippen LogP contribution in [0, 0.1) is 5.92 Å². The van der Waals surface area contributed by atoms with Crippen molar-refractivity contribution in [3.8, 4) is 0 Å². The van der Waals surface area contributed by atoms with E-state index in [1.54, 1.807) is 4.90 Å². The highest BCUT2D eigenvalue weighted by Crippen LogP contribution is 2.26. The molecule has 0 aromatic rings. The molecule has 0 N–H and O–H groups in total. The molecule has 1 saturated heterocycles. The van der Waals surface area contributed by atoms with Crippen molar-refractivity contribution in [1.29, 1.82) is 0 Å². The maximum atomic E-state index is 12.0. The molecule has 1 unspecified atom stereocenters. The van der Waals surface area contributed by atoms with E-state index < -0.39 is 5.60 Å². The van der Waals surface area contributed by atoms with Crippen LogP contribution in [0.5, 0.6) is 0 Å². The van der Waals surface area contributed by atoms with Crippen molar-refractivity contribution in [1.82, 2.24) is 4.90 Å². The van der Waals surface area contributed by atoms with Crippen LogP contribution in [0.25, 0.3) is 0 Å². The molecule has 0 saturated carbocycles. The zero-order chi connectivity index (χ0) is 15.5. The topological polar surface area (TPSA) is 63.7 Å². The second kappa shape index (κ2) is 6.37. The van der Waals surface area contributed by atoms with E-state index in [0.29, 0.717) is 19.4 Å². The number of likely N-dealkylation sites (tertiary alicyclic amines) is 1. The number of hydrogen-bond acceptors (Lipinski definition) is 4. The number of Topliss-reactive ketones (excluding diaryl/α,β-unsaturated/α-hetero) is 2. The fourth-order valence-corrected chi connectivity index (χ4v) is 2.45. The standard InChI is InChI=1S/C15H25NO4/c1-10-8-12(13(18)9-11(2)17)6-7-16(10)14(19)20-15(3,4)5/h10,12H,6-9H2,1-5H3/t10-,12?/m0/s1. The number of piperidine rings is 1. The summed E-state index contributed by atoms with van der Waals surface area (Å²) in [6.45, 7) is 9.34. The molecule has 0 aromatic carbocycles. The van der Waals surface area contributed by atoms with E-state index in [2.05, 4.69) is 0 Å². The molecule has 0 spiro atoms. The summed E-state index contributed by atoms with van der Waals surface area (Å²) in [5, 5.41) is 0. The molecular formula is C15H25NO4. The minimum absolute atomic E-state index is 0.00379. The molecule has 5 heteroatoms. The predicted octanol–water partition coefficient (Wildman–Crippen LogP) is 2.57. The summed E-state index contributed by atoms with van der Waals surface area (Å²) >= 11 is 0. The highest BCUT2D eigenvalue weighted by atomic mass is 16.6. The third kappa shape index (κ3) is 4.94. The van der Waals surface area contributed by atoms with Crippen LogP contribution in [0.1, 0.15) is 53.9 Å². The molecular weight excluding hydrogens is 258 g/mol. The van der Waals surface area contributed by atoms with Gasteiger partial charge in [-0.15, -0.1) is 0 Å². The van der Waals surface area contributed by atoms with Gasteiger partial charge in [-0.05, 0) is 47.5 Å². The van der Waals surface area contributed by atoms with Gasteiger partial charge >= 0.3 is 6.09 Å². The van der Waals surface area contributed by atoms with Gasteiger partial charge in [0, 0.05) is 18.5 Å². The maximum Gasteiger partial charge on any atom is 0.410 e. The molecule has 0 bridgehead atoms. The van der Waals surface area contributed by atoms with Gasteiger partial charge in [-0.1, -0.05) is 0 Å². The zero-order valence-electron chi connectivity index (χ0n) is 13.1. The van der Waals surface area contributed by atoms with Crippen molar-refractivity contribution in [2.75, 3.05) is 6.54 Å². The Bertz CT molecular complexity index is 397. The predicted molar refractivity (Wildman–Crippen MR) is 75.4 cm³/mol. The molecule has 2 atom stereocenters. The summed E-state index contributed by atoms with van der Waals surface area (Å²) in [4.78, 5) is 36.6. The fraction of sp³-hybridized carbons (Fsp3) is 0.800. The average Bonchev–Trinajstić information content (AvgIpc) is 2.25. The third-order valence-corrected chi connectivity index (χ3v) is 3.38. The molecule has 0 aromatic heterocycles. The highest BCUT2D eigenvalue weighted by molar-refractivity contribution is 5.99. The molecule has 1 aliphatic heterocycles. The van der Waals surface area contributed by atoms with E-state index in [1.165, 1.54) is 6.92 Å².